The number of benzene rings is 2. The first-order chi connectivity index (χ1) is 16.0. The second-order valence-corrected chi connectivity index (χ2v) is 10.4. The monoisotopic (exact) mass is 498 g/mol. The molecular formula is C23H25F3N2O5S. The minimum atomic E-state index is -4.72. The van der Waals surface area contributed by atoms with Crippen LogP contribution in [0.25, 0.3) is 0 Å². The molecule has 0 radical (unpaired) electrons. The van der Waals surface area contributed by atoms with Gasteiger partial charge in [0.2, 0.25) is 10.0 Å². The average molecular weight is 499 g/mol. The van der Waals surface area contributed by atoms with E-state index in [1.807, 2.05) is 0 Å². The van der Waals surface area contributed by atoms with Gasteiger partial charge in [-0.1, -0.05) is 24.3 Å². The summed E-state index contributed by atoms with van der Waals surface area (Å²) in [5.41, 5.74) is 2.24. The largest absolute Gasteiger partial charge is 0.573 e. The van der Waals surface area contributed by atoms with E-state index in [1.54, 1.807) is 30.3 Å². The van der Waals surface area contributed by atoms with Gasteiger partial charge in [-0.25, -0.2) is 8.42 Å². The molecule has 4 rings (SSSR count). The van der Waals surface area contributed by atoms with E-state index >= 15 is 0 Å². The lowest BCUT2D eigenvalue weighted by molar-refractivity contribution is -0.274. The van der Waals surface area contributed by atoms with Crippen molar-refractivity contribution in [2.75, 3.05) is 32.7 Å². The van der Waals surface area contributed by atoms with Crippen molar-refractivity contribution < 1.29 is 36.2 Å². The molecule has 1 saturated heterocycles. The molecule has 7 nitrogen and oxygen atoms in total. The number of carboxylic acids is 1. The highest BCUT2D eigenvalue weighted by Gasteiger charge is 2.35. The van der Waals surface area contributed by atoms with Crippen molar-refractivity contribution in [3.05, 3.63) is 59.2 Å². The molecule has 1 fully saturated rings. The molecule has 1 N–H and O–H groups in total. The van der Waals surface area contributed by atoms with Crippen molar-refractivity contribution in [2.24, 2.45) is 5.92 Å². The lowest BCUT2D eigenvalue weighted by Crippen LogP contribution is -2.49. The standard InChI is InChI=1S/C23H25F3N2O5S/c24-23(25,26)33-19-6-4-16(5-7-19)8-9-27-10-12-28(13-11-27)34(31,32)21-3-1-2-17-14-18(22(29)30)15-20(17)21/h1-7,18H,8-15H2,(H,29,30). The number of rotatable bonds is 7. The van der Waals surface area contributed by atoms with Gasteiger partial charge >= 0.3 is 12.3 Å². The maximum atomic E-state index is 13.3. The van der Waals surface area contributed by atoms with Crippen LogP contribution in [0, 0.1) is 5.92 Å². The van der Waals surface area contributed by atoms with Gasteiger partial charge in [0.1, 0.15) is 5.75 Å². The first kappa shape index (κ1) is 24.5. The summed E-state index contributed by atoms with van der Waals surface area (Å²) in [6, 6.07) is 10.7. The van der Waals surface area contributed by atoms with Crippen LogP contribution < -0.4 is 4.74 Å². The zero-order valence-corrected chi connectivity index (χ0v) is 19.1. The van der Waals surface area contributed by atoms with Crippen LogP contribution in [-0.4, -0.2) is 67.8 Å². The zero-order chi connectivity index (χ0) is 24.5. The van der Waals surface area contributed by atoms with Gasteiger partial charge in [-0.3, -0.25) is 4.79 Å². The molecular weight excluding hydrogens is 473 g/mol. The van der Waals surface area contributed by atoms with E-state index in [-0.39, 0.29) is 17.1 Å². The van der Waals surface area contributed by atoms with Crippen LogP contribution in [0.1, 0.15) is 16.7 Å². The molecule has 1 heterocycles. The molecule has 34 heavy (non-hydrogen) atoms. The fourth-order valence-corrected chi connectivity index (χ4v) is 6.21. The average Bonchev–Trinajstić information content (AvgIpc) is 3.23. The van der Waals surface area contributed by atoms with Crippen LogP contribution in [0.5, 0.6) is 5.75 Å². The summed E-state index contributed by atoms with van der Waals surface area (Å²) in [5.74, 6) is -1.79. The van der Waals surface area contributed by atoms with Crippen LogP contribution >= 0.6 is 0 Å². The van der Waals surface area contributed by atoms with Crippen LogP contribution in [0.15, 0.2) is 47.4 Å². The fraction of sp³-hybridized carbons (Fsp3) is 0.435. The summed E-state index contributed by atoms with van der Waals surface area (Å²) >= 11 is 0. The zero-order valence-electron chi connectivity index (χ0n) is 18.3. The lowest BCUT2D eigenvalue weighted by Gasteiger charge is -2.34. The van der Waals surface area contributed by atoms with Crippen molar-refractivity contribution in [2.45, 2.75) is 30.5 Å². The summed E-state index contributed by atoms with van der Waals surface area (Å²) in [4.78, 5) is 13.7. The summed E-state index contributed by atoms with van der Waals surface area (Å²) in [7, 11) is -3.74. The molecule has 184 valence electrons. The first-order valence-corrected chi connectivity index (χ1v) is 12.4. The number of sulfonamides is 1. The lowest BCUT2D eigenvalue weighted by atomic mass is 10.1. The Morgan fingerprint density at radius 2 is 1.71 bits per heavy atom. The summed E-state index contributed by atoms with van der Waals surface area (Å²) in [6.07, 6.45) is -3.56. The molecule has 2 aromatic carbocycles. The van der Waals surface area contributed by atoms with Gasteiger partial charge < -0.3 is 14.7 Å². The van der Waals surface area contributed by atoms with E-state index in [4.69, 9.17) is 0 Å². The van der Waals surface area contributed by atoms with Crippen molar-refractivity contribution in [1.82, 2.24) is 9.21 Å². The number of hydrogen-bond acceptors (Lipinski definition) is 5. The maximum absolute atomic E-state index is 13.3. The van der Waals surface area contributed by atoms with Crippen LogP contribution in [0.4, 0.5) is 13.2 Å². The van der Waals surface area contributed by atoms with Gasteiger partial charge in [0.15, 0.2) is 0 Å². The Labute approximate surface area is 195 Å². The molecule has 0 amide bonds. The Morgan fingerprint density at radius 1 is 1.03 bits per heavy atom. The number of alkyl halides is 3. The molecule has 0 aromatic heterocycles. The van der Waals surface area contributed by atoms with E-state index in [0.717, 1.165) is 11.1 Å². The van der Waals surface area contributed by atoms with E-state index in [1.165, 1.54) is 16.4 Å². The summed E-state index contributed by atoms with van der Waals surface area (Å²) < 4.78 is 68.7. The number of piperazine rings is 1. The Morgan fingerprint density at radius 3 is 2.32 bits per heavy atom. The Hall–Kier alpha value is -2.63. The predicted octanol–water partition coefficient (Wildman–Crippen LogP) is 2.93. The summed E-state index contributed by atoms with van der Waals surface area (Å²) in [5, 5.41) is 9.33. The summed E-state index contributed by atoms with van der Waals surface area (Å²) in [6.45, 7) is 2.33. The van der Waals surface area contributed by atoms with Gasteiger partial charge in [0.05, 0.1) is 10.8 Å². The third-order valence-corrected chi connectivity index (χ3v) is 8.30. The van der Waals surface area contributed by atoms with Gasteiger partial charge in [-0.2, -0.15) is 4.31 Å². The number of nitrogens with zero attached hydrogens (tertiary/aromatic N) is 2. The van der Waals surface area contributed by atoms with Crippen LogP contribution in [-0.2, 0) is 34.1 Å². The molecule has 0 saturated carbocycles. The number of carbonyl (C=O) groups is 1. The highest BCUT2D eigenvalue weighted by atomic mass is 32.2. The van der Waals surface area contributed by atoms with Crippen molar-refractivity contribution in [3.63, 3.8) is 0 Å². The van der Waals surface area contributed by atoms with E-state index < -0.39 is 28.3 Å². The predicted molar refractivity (Wildman–Crippen MR) is 117 cm³/mol. The molecule has 11 heteroatoms. The third kappa shape index (κ3) is 5.53. The topological polar surface area (TPSA) is 87.1 Å². The second kappa shape index (κ2) is 9.55. The van der Waals surface area contributed by atoms with Gasteiger partial charge in [-0.05, 0) is 54.2 Å². The van der Waals surface area contributed by atoms with Gasteiger partial charge in [0.25, 0.3) is 0 Å². The van der Waals surface area contributed by atoms with Crippen molar-refractivity contribution in [1.29, 1.82) is 0 Å². The molecule has 1 aliphatic heterocycles. The van der Waals surface area contributed by atoms with E-state index in [9.17, 15) is 31.5 Å². The molecule has 1 unspecified atom stereocenters. The highest BCUT2D eigenvalue weighted by molar-refractivity contribution is 7.89. The smallest absolute Gasteiger partial charge is 0.481 e. The van der Waals surface area contributed by atoms with Crippen LogP contribution in [0.3, 0.4) is 0 Å². The normalized spacial score (nSPS) is 19.7. The molecule has 1 atom stereocenters. The highest BCUT2D eigenvalue weighted by Crippen LogP contribution is 2.33. The molecule has 0 bridgehead atoms. The van der Waals surface area contributed by atoms with Crippen LogP contribution in [0.2, 0.25) is 0 Å². The minimum absolute atomic E-state index is 0.198. The number of halogens is 3. The van der Waals surface area contributed by atoms with E-state index in [2.05, 4.69) is 9.64 Å². The van der Waals surface area contributed by atoms with Crippen molar-refractivity contribution in [3.8, 4) is 5.75 Å². The first-order valence-electron chi connectivity index (χ1n) is 10.9. The Bertz CT molecular complexity index is 1140. The number of carboxylic acid groups (broad SMARTS) is 1. The molecule has 0 spiro atoms. The quantitative estimate of drug-likeness (QED) is 0.632. The fourth-order valence-electron chi connectivity index (χ4n) is 4.51. The Balaban J connectivity index is 1.33. The van der Waals surface area contributed by atoms with Crippen molar-refractivity contribution >= 4 is 16.0 Å². The third-order valence-electron chi connectivity index (χ3n) is 6.32. The second-order valence-electron chi connectivity index (χ2n) is 8.52. The number of hydrogen-bond donors (Lipinski definition) is 1. The number of fused-ring (bicyclic) bond motifs is 1. The van der Waals surface area contributed by atoms with Gasteiger partial charge in [-0.15, -0.1) is 13.2 Å². The van der Waals surface area contributed by atoms with Gasteiger partial charge in [0, 0.05) is 32.7 Å². The molecule has 2 aliphatic rings. The molecule has 1 aliphatic carbocycles. The minimum Gasteiger partial charge on any atom is -0.481 e. The number of ether oxygens (including phenoxy) is 1. The maximum Gasteiger partial charge on any atom is 0.573 e. The molecule has 2 aromatic rings. The van der Waals surface area contributed by atoms with E-state index in [0.29, 0.717) is 51.1 Å². The Kier molecular flexibility index (Phi) is 6.88. The SMILES string of the molecule is O=C(O)C1Cc2cccc(S(=O)(=O)N3CCN(CCc4ccc(OC(F)(F)F)cc4)CC3)c2C1. The number of aliphatic carboxylic acids is 1.